The van der Waals surface area contributed by atoms with Crippen LogP contribution in [0.15, 0.2) is 24.3 Å². The zero-order valence-electron chi connectivity index (χ0n) is 13.0. The van der Waals surface area contributed by atoms with Crippen molar-refractivity contribution in [3.05, 3.63) is 64.2 Å². The number of Topliss-reactive ketones (excluding diaryl/α,β-unsaturated/α-hetero) is 1. The molecule has 0 aliphatic carbocycles. The van der Waals surface area contributed by atoms with Crippen molar-refractivity contribution in [2.24, 2.45) is 0 Å². The van der Waals surface area contributed by atoms with E-state index in [-0.39, 0.29) is 17.8 Å². The summed E-state index contributed by atoms with van der Waals surface area (Å²) in [6.07, 6.45) is -0.181. The summed E-state index contributed by atoms with van der Waals surface area (Å²) in [4.78, 5) is 10.7. The number of hydrogen-bond acceptors (Lipinski definition) is 2. The molecule has 2 aromatic carbocycles. The molecule has 2 nitrogen and oxygen atoms in total. The van der Waals surface area contributed by atoms with E-state index < -0.39 is 29.0 Å². The van der Waals surface area contributed by atoms with Crippen LogP contribution < -0.4 is 5.73 Å². The standard InChI is InChI=1S/C10H10F2O.C7H7F2N/c1-6-3-4-9(11)8(10(6)12)5-7(2)13;1-4-2-3-5(8)7(10)6(4)9/h3-4H,5H2,1-2H3;2-3H,10H2,1H3. The quantitative estimate of drug-likeness (QED) is 0.661. The Hall–Kier alpha value is -2.37. The van der Waals surface area contributed by atoms with Crippen molar-refractivity contribution in [1.82, 2.24) is 0 Å². The van der Waals surface area contributed by atoms with Crippen molar-refractivity contribution in [3.63, 3.8) is 0 Å². The number of halogens is 4. The highest BCUT2D eigenvalue weighted by molar-refractivity contribution is 5.78. The van der Waals surface area contributed by atoms with Gasteiger partial charge in [0.25, 0.3) is 0 Å². The van der Waals surface area contributed by atoms with Crippen LogP contribution in [0, 0.1) is 37.1 Å². The lowest BCUT2D eigenvalue weighted by molar-refractivity contribution is -0.116. The molecule has 0 bridgehead atoms. The molecule has 0 unspecified atom stereocenters. The molecule has 2 N–H and O–H groups in total. The predicted molar refractivity (Wildman–Crippen MR) is 81.0 cm³/mol. The summed E-state index contributed by atoms with van der Waals surface area (Å²) in [6, 6.07) is 5.03. The van der Waals surface area contributed by atoms with Crippen molar-refractivity contribution in [2.75, 3.05) is 5.73 Å². The summed E-state index contributed by atoms with van der Waals surface area (Å²) in [5, 5.41) is 0. The molecule has 0 atom stereocenters. The maximum absolute atomic E-state index is 13.2. The first-order valence-corrected chi connectivity index (χ1v) is 6.78. The van der Waals surface area contributed by atoms with Gasteiger partial charge in [-0.1, -0.05) is 12.1 Å². The minimum atomic E-state index is -0.705. The molecule has 2 aromatic rings. The molecule has 23 heavy (non-hydrogen) atoms. The third kappa shape index (κ3) is 4.81. The first-order valence-electron chi connectivity index (χ1n) is 6.78. The number of nitrogens with two attached hydrogens (primary N) is 1. The maximum atomic E-state index is 13.2. The molecular weight excluding hydrogens is 310 g/mol. The summed E-state index contributed by atoms with van der Waals surface area (Å²) in [6.45, 7) is 4.38. The fourth-order valence-electron chi connectivity index (χ4n) is 1.80. The lowest BCUT2D eigenvalue weighted by Gasteiger charge is -2.04. The van der Waals surface area contributed by atoms with Crippen LogP contribution >= 0.6 is 0 Å². The van der Waals surface area contributed by atoms with Crippen LogP contribution in [0.4, 0.5) is 23.2 Å². The van der Waals surface area contributed by atoms with Gasteiger partial charge in [-0.3, -0.25) is 4.79 Å². The van der Waals surface area contributed by atoms with Crippen LogP contribution in [0.1, 0.15) is 23.6 Å². The van der Waals surface area contributed by atoms with Gasteiger partial charge in [0.15, 0.2) is 5.82 Å². The average Bonchev–Trinajstić information content (AvgIpc) is 2.50. The van der Waals surface area contributed by atoms with Crippen molar-refractivity contribution in [2.45, 2.75) is 27.2 Å². The van der Waals surface area contributed by atoms with E-state index in [1.807, 2.05) is 0 Å². The Morgan fingerprint density at radius 1 is 0.913 bits per heavy atom. The van der Waals surface area contributed by atoms with Crippen molar-refractivity contribution in [3.8, 4) is 0 Å². The SMILES string of the molecule is CC(=O)Cc1c(F)ccc(C)c1F.Cc1ccc(F)c(N)c1F. The van der Waals surface area contributed by atoms with Gasteiger partial charge in [0.1, 0.15) is 28.9 Å². The summed E-state index contributed by atoms with van der Waals surface area (Å²) >= 11 is 0. The molecule has 0 aromatic heterocycles. The predicted octanol–water partition coefficient (Wildman–Crippen LogP) is 4.26. The highest BCUT2D eigenvalue weighted by Crippen LogP contribution is 2.17. The van der Waals surface area contributed by atoms with Gasteiger partial charge in [0, 0.05) is 12.0 Å². The summed E-state index contributed by atoms with van der Waals surface area (Å²) in [5.41, 5.74) is 5.22. The summed E-state index contributed by atoms with van der Waals surface area (Å²) in [5.74, 6) is -2.89. The Labute approximate surface area is 131 Å². The third-order valence-electron chi connectivity index (χ3n) is 3.12. The highest BCUT2D eigenvalue weighted by Gasteiger charge is 2.12. The zero-order chi connectivity index (χ0) is 17.7. The Morgan fingerprint density at radius 3 is 1.87 bits per heavy atom. The maximum Gasteiger partial charge on any atom is 0.151 e. The van der Waals surface area contributed by atoms with Crippen LogP contribution in [0.5, 0.6) is 0 Å². The van der Waals surface area contributed by atoms with Gasteiger partial charge in [0.05, 0.1) is 0 Å². The molecule has 2 rings (SSSR count). The van der Waals surface area contributed by atoms with E-state index in [9.17, 15) is 22.4 Å². The van der Waals surface area contributed by atoms with Gasteiger partial charge in [-0.25, -0.2) is 17.6 Å². The minimum absolute atomic E-state index is 0.132. The number of hydrogen-bond donors (Lipinski definition) is 1. The van der Waals surface area contributed by atoms with Crippen LogP contribution in [-0.2, 0) is 11.2 Å². The Morgan fingerprint density at radius 2 is 1.39 bits per heavy atom. The Balaban J connectivity index is 0.000000238. The van der Waals surface area contributed by atoms with E-state index in [1.54, 1.807) is 6.92 Å². The molecule has 0 aliphatic heterocycles. The van der Waals surface area contributed by atoms with Gasteiger partial charge in [-0.05, 0) is 44.0 Å². The second-order valence-corrected chi connectivity index (χ2v) is 5.13. The van der Waals surface area contributed by atoms with E-state index in [1.165, 1.54) is 32.0 Å². The third-order valence-corrected chi connectivity index (χ3v) is 3.12. The summed E-state index contributed by atoms with van der Waals surface area (Å²) in [7, 11) is 0. The van der Waals surface area contributed by atoms with Crippen LogP contribution in [0.2, 0.25) is 0 Å². The highest BCUT2D eigenvalue weighted by atomic mass is 19.1. The molecule has 0 saturated carbocycles. The van der Waals surface area contributed by atoms with E-state index in [0.717, 1.165) is 6.07 Å². The number of nitrogen functional groups attached to an aromatic ring is 1. The Kier molecular flexibility index (Phi) is 6.30. The van der Waals surface area contributed by atoms with Crippen LogP contribution in [0.25, 0.3) is 0 Å². The fourth-order valence-corrected chi connectivity index (χ4v) is 1.80. The molecule has 0 radical (unpaired) electrons. The van der Waals surface area contributed by atoms with E-state index in [4.69, 9.17) is 5.73 Å². The minimum Gasteiger partial charge on any atom is -0.394 e. The molecule has 0 fully saturated rings. The number of carbonyl (C=O) groups excluding carboxylic acids is 1. The second kappa shape index (κ2) is 7.76. The second-order valence-electron chi connectivity index (χ2n) is 5.13. The van der Waals surface area contributed by atoms with Crippen molar-refractivity contribution < 1.29 is 22.4 Å². The molecule has 6 heteroatoms. The number of carbonyl (C=O) groups is 1. The normalized spacial score (nSPS) is 10.0. The number of aryl methyl sites for hydroxylation is 2. The number of anilines is 1. The number of rotatable bonds is 2. The smallest absolute Gasteiger partial charge is 0.151 e. The van der Waals surface area contributed by atoms with E-state index >= 15 is 0 Å². The van der Waals surface area contributed by atoms with Gasteiger partial charge in [0.2, 0.25) is 0 Å². The first kappa shape index (κ1) is 18.7. The van der Waals surface area contributed by atoms with Crippen molar-refractivity contribution in [1.29, 1.82) is 0 Å². The van der Waals surface area contributed by atoms with Gasteiger partial charge in [-0.15, -0.1) is 0 Å². The van der Waals surface area contributed by atoms with Crippen LogP contribution in [0.3, 0.4) is 0 Å². The van der Waals surface area contributed by atoms with Crippen molar-refractivity contribution >= 4 is 11.5 Å². The number of ketones is 1. The topological polar surface area (TPSA) is 43.1 Å². The molecule has 0 heterocycles. The van der Waals surface area contributed by atoms with Crippen LogP contribution in [-0.4, -0.2) is 5.78 Å². The molecule has 124 valence electrons. The molecular formula is C17H17F4NO. The molecule has 0 saturated heterocycles. The van der Waals surface area contributed by atoms with E-state index in [0.29, 0.717) is 11.1 Å². The lowest BCUT2D eigenvalue weighted by atomic mass is 10.1. The zero-order valence-corrected chi connectivity index (χ0v) is 13.0. The lowest BCUT2D eigenvalue weighted by Crippen LogP contribution is -2.04. The van der Waals surface area contributed by atoms with E-state index in [2.05, 4.69) is 0 Å². The number of benzene rings is 2. The van der Waals surface area contributed by atoms with Gasteiger partial charge >= 0.3 is 0 Å². The fraction of sp³-hybridized carbons (Fsp3) is 0.235. The monoisotopic (exact) mass is 327 g/mol. The largest absolute Gasteiger partial charge is 0.394 e. The first-order chi connectivity index (χ1) is 10.6. The average molecular weight is 327 g/mol. The summed E-state index contributed by atoms with van der Waals surface area (Å²) < 4.78 is 51.3. The molecule has 0 spiro atoms. The molecule has 0 amide bonds. The Bertz CT molecular complexity index is 702. The molecule has 0 aliphatic rings. The van der Waals surface area contributed by atoms with Gasteiger partial charge in [-0.2, -0.15) is 0 Å². The van der Waals surface area contributed by atoms with Gasteiger partial charge < -0.3 is 5.73 Å².